The van der Waals surface area contributed by atoms with Crippen LogP contribution in [0.1, 0.15) is 113 Å². The van der Waals surface area contributed by atoms with Crippen LogP contribution in [0.5, 0.6) is 0 Å². The van der Waals surface area contributed by atoms with Crippen molar-refractivity contribution in [2.75, 3.05) is 0 Å². The third kappa shape index (κ3) is 12.5. The molecule has 0 amide bonds. The van der Waals surface area contributed by atoms with Crippen molar-refractivity contribution in [1.29, 1.82) is 0 Å². The summed E-state index contributed by atoms with van der Waals surface area (Å²) in [4.78, 5) is 0. The maximum Gasteiger partial charge on any atom is -0.00200 e. The van der Waals surface area contributed by atoms with Crippen molar-refractivity contribution in [3.63, 3.8) is 0 Å². The average molecular weight is 1270 g/mol. The van der Waals surface area contributed by atoms with Gasteiger partial charge in [0.2, 0.25) is 0 Å². The first-order valence-corrected chi connectivity index (χ1v) is 36.5. The molecule has 0 atom stereocenters. The lowest BCUT2D eigenvalue weighted by molar-refractivity contribution is 0.607. The summed E-state index contributed by atoms with van der Waals surface area (Å²) in [5.41, 5.74) is 21.4. The molecule has 0 saturated heterocycles. The molecule has 16 rings (SSSR count). The Balaban J connectivity index is 0.000000160. The molecule has 0 aromatic heterocycles. The van der Waals surface area contributed by atoms with Crippen molar-refractivity contribution < 1.29 is 0 Å². The van der Waals surface area contributed by atoms with Crippen LogP contribution >= 0.6 is 0 Å². The fourth-order valence-corrected chi connectivity index (χ4v) is 16.3. The molecule has 0 unspecified atom stereocenters. The predicted octanol–water partition coefficient (Wildman–Crippen LogP) is 29.0. The highest BCUT2D eigenvalue weighted by atomic mass is 14.3. The molecule has 0 radical (unpaired) electrons. The van der Waals surface area contributed by atoms with Gasteiger partial charge in [-0.15, -0.1) is 0 Å². The van der Waals surface area contributed by atoms with E-state index in [2.05, 4.69) is 319 Å². The third-order valence-corrected chi connectivity index (χ3v) is 21.4. The Bertz CT molecular complexity index is 5070. The van der Waals surface area contributed by atoms with E-state index in [0.29, 0.717) is 0 Å². The summed E-state index contributed by atoms with van der Waals surface area (Å²) in [6.45, 7) is 9.26. The Morgan fingerprint density at radius 2 is 0.449 bits per heavy atom. The Labute approximate surface area is 580 Å². The molecule has 0 aliphatic heterocycles. The van der Waals surface area contributed by atoms with Crippen LogP contribution in [0, 0.1) is 13.8 Å². The summed E-state index contributed by atoms with van der Waals surface area (Å²) in [5.74, 6) is 0. The van der Waals surface area contributed by atoms with Gasteiger partial charge in [0.1, 0.15) is 0 Å². The molecule has 0 fully saturated rings. The second-order valence-electron chi connectivity index (χ2n) is 27.4. The van der Waals surface area contributed by atoms with Crippen LogP contribution in [0.25, 0.3) is 153 Å². The van der Waals surface area contributed by atoms with Crippen LogP contribution in [0.15, 0.2) is 291 Å². The van der Waals surface area contributed by atoms with Gasteiger partial charge in [-0.05, 0) is 215 Å². The molecule has 0 bridgehead atoms. The smallest absolute Gasteiger partial charge is 0.00200 e. The van der Waals surface area contributed by atoms with E-state index < -0.39 is 0 Å². The Morgan fingerprint density at radius 3 is 0.786 bits per heavy atom. The predicted molar refractivity (Wildman–Crippen MR) is 429 cm³/mol. The first kappa shape index (κ1) is 63.6. The van der Waals surface area contributed by atoms with Gasteiger partial charge in [0.25, 0.3) is 0 Å². The minimum absolute atomic E-state index is 1.13. The van der Waals surface area contributed by atoms with Crippen LogP contribution in [-0.4, -0.2) is 0 Å². The van der Waals surface area contributed by atoms with Crippen molar-refractivity contribution in [3.05, 3.63) is 313 Å². The van der Waals surface area contributed by atoms with E-state index in [9.17, 15) is 0 Å². The van der Waals surface area contributed by atoms with Gasteiger partial charge in [-0.25, -0.2) is 0 Å². The number of aryl methyl sites for hydroxylation is 4. The van der Waals surface area contributed by atoms with Gasteiger partial charge >= 0.3 is 0 Å². The standard InChI is InChI=1S/2C49H44/c2*1-3-4-5-6-7-8-19-38-33-47(42-23-12-11-21-39(42)34(38)2)49-45-26-15-13-24-43(45)48(44-25-14-16-27-46(44)49)37-31-29-36(30-32-37)41-28-17-20-35-18-9-10-22-40(35)41/h2*9-18,20-33H,3-8,19H2,1-2H3. The third-order valence-electron chi connectivity index (χ3n) is 21.4. The zero-order valence-corrected chi connectivity index (χ0v) is 57.6. The lowest BCUT2D eigenvalue weighted by Gasteiger charge is -2.21. The molecule has 480 valence electrons. The summed E-state index contributed by atoms with van der Waals surface area (Å²) < 4.78 is 0. The molecular weight excluding hydrogens is 1180 g/mol. The Morgan fingerprint density at radius 1 is 0.194 bits per heavy atom. The van der Waals surface area contributed by atoms with Gasteiger partial charge in [-0.3, -0.25) is 0 Å². The van der Waals surface area contributed by atoms with Gasteiger partial charge in [-0.2, -0.15) is 0 Å². The minimum atomic E-state index is 1.13. The largest absolute Gasteiger partial charge is 0.0654 e. The molecule has 16 aromatic carbocycles. The summed E-state index contributed by atoms with van der Waals surface area (Å²) in [7, 11) is 0. The molecule has 0 aliphatic rings. The van der Waals surface area contributed by atoms with Crippen molar-refractivity contribution >= 4 is 86.2 Å². The van der Waals surface area contributed by atoms with E-state index in [0.717, 1.165) is 12.8 Å². The molecular formula is C98H88. The molecule has 98 heavy (non-hydrogen) atoms. The summed E-state index contributed by atoms with van der Waals surface area (Å²) in [5, 5.41) is 21.0. The van der Waals surface area contributed by atoms with Gasteiger partial charge < -0.3 is 0 Å². The van der Waals surface area contributed by atoms with Gasteiger partial charge in [0, 0.05) is 0 Å². The number of rotatable bonds is 20. The lowest BCUT2D eigenvalue weighted by atomic mass is 9.82. The fourth-order valence-electron chi connectivity index (χ4n) is 16.3. The van der Waals surface area contributed by atoms with Gasteiger partial charge in [0.05, 0.1) is 0 Å². The van der Waals surface area contributed by atoms with Crippen LogP contribution in [-0.2, 0) is 12.8 Å². The molecule has 0 aliphatic carbocycles. The second kappa shape index (κ2) is 29.1. The molecule has 0 spiro atoms. The first-order chi connectivity index (χ1) is 48.4. The van der Waals surface area contributed by atoms with Crippen LogP contribution in [0.4, 0.5) is 0 Å². The van der Waals surface area contributed by atoms with E-state index in [1.165, 1.54) is 252 Å². The highest BCUT2D eigenvalue weighted by Gasteiger charge is 2.23. The minimum Gasteiger partial charge on any atom is -0.0654 e. The average Bonchev–Trinajstić information content (AvgIpc) is 0.731. The van der Waals surface area contributed by atoms with E-state index >= 15 is 0 Å². The van der Waals surface area contributed by atoms with E-state index in [-0.39, 0.29) is 0 Å². The number of unbranched alkanes of at least 4 members (excludes halogenated alkanes) is 10. The van der Waals surface area contributed by atoms with Crippen molar-refractivity contribution in [2.45, 2.75) is 118 Å². The van der Waals surface area contributed by atoms with Gasteiger partial charge in [-0.1, -0.05) is 369 Å². The van der Waals surface area contributed by atoms with E-state index in [1.54, 1.807) is 0 Å². The highest BCUT2D eigenvalue weighted by molar-refractivity contribution is 6.25. The SMILES string of the molecule is CCCCCCCCc1cc(-c2c3ccccc3c(-c3ccc(-c4cccc5ccccc45)cc3)c3ccccc23)c2ccccc2c1C.CCCCCCCCc1cc(-c2c3ccccc3c(-c3ccc(-c4cccc5ccccc45)cc3)c3ccccc23)c2ccccc2c1C. The van der Waals surface area contributed by atoms with Gasteiger partial charge in [0.15, 0.2) is 0 Å². The van der Waals surface area contributed by atoms with Crippen molar-refractivity contribution in [1.82, 2.24) is 0 Å². The summed E-state index contributed by atoms with van der Waals surface area (Å²) in [6, 6.07) is 109. The number of hydrogen-bond acceptors (Lipinski definition) is 0. The molecule has 0 N–H and O–H groups in total. The van der Waals surface area contributed by atoms with E-state index in [4.69, 9.17) is 0 Å². The molecule has 16 aromatic rings. The maximum atomic E-state index is 2.54. The molecule has 0 heteroatoms. The Kier molecular flexibility index (Phi) is 18.9. The maximum absolute atomic E-state index is 2.54. The quantitative estimate of drug-likeness (QED) is 0.0527. The Hall–Kier alpha value is -10.4. The summed E-state index contributed by atoms with van der Waals surface area (Å²) in [6.07, 6.45) is 18.1. The normalized spacial score (nSPS) is 11.6. The van der Waals surface area contributed by atoms with Crippen molar-refractivity contribution in [3.8, 4) is 66.8 Å². The van der Waals surface area contributed by atoms with Crippen LogP contribution in [0.2, 0.25) is 0 Å². The molecule has 0 saturated carbocycles. The van der Waals surface area contributed by atoms with Crippen LogP contribution in [0.3, 0.4) is 0 Å². The zero-order valence-electron chi connectivity index (χ0n) is 57.6. The van der Waals surface area contributed by atoms with Crippen molar-refractivity contribution in [2.24, 2.45) is 0 Å². The summed E-state index contributed by atoms with van der Waals surface area (Å²) >= 11 is 0. The first-order valence-electron chi connectivity index (χ1n) is 36.5. The lowest BCUT2D eigenvalue weighted by Crippen LogP contribution is -1.97. The number of hydrogen-bond donors (Lipinski definition) is 0. The highest BCUT2D eigenvalue weighted by Crippen LogP contribution is 2.49. The van der Waals surface area contributed by atoms with Crippen LogP contribution < -0.4 is 0 Å². The molecule has 0 heterocycles. The number of fused-ring (bicyclic) bond motifs is 8. The number of benzene rings is 16. The fraction of sp³-hybridized carbons (Fsp3) is 0.184. The monoisotopic (exact) mass is 1260 g/mol. The molecule has 0 nitrogen and oxygen atoms in total. The topological polar surface area (TPSA) is 0 Å². The van der Waals surface area contributed by atoms with E-state index in [1.807, 2.05) is 0 Å². The zero-order chi connectivity index (χ0) is 66.3. The second-order valence-corrected chi connectivity index (χ2v) is 27.4.